The lowest BCUT2D eigenvalue weighted by atomic mass is 10.1. The molecule has 1 aromatic heterocycles. The summed E-state index contributed by atoms with van der Waals surface area (Å²) in [6, 6.07) is 4.81. The van der Waals surface area contributed by atoms with Gasteiger partial charge in [0.1, 0.15) is 16.6 Å². The molecule has 0 atom stereocenters. The van der Waals surface area contributed by atoms with Crippen LogP contribution in [0, 0.1) is 12.7 Å². The zero-order valence-corrected chi connectivity index (χ0v) is 13.7. The van der Waals surface area contributed by atoms with Crippen LogP contribution in [-0.4, -0.2) is 16.7 Å². The van der Waals surface area contributed by atoms with Crippen molar-refractivity contribution in [1.29, 1.82) is 0 Å². The molecule has 118 valence electrons. The van der Waals surface area contributed by atoms with Crippen molar-refractivity contribution in [2.75, 3.05) is 0 Å². The Morgan fingerprint density at radius 3 is 2.73 bits per heavy atom. The highest BCUT2D eigenvalue weighted by molar-refractivity contribution is 6.30. The highest BCUT2D eigenvalue weighted by Gasteiger charge is 2.16. The van der Waals surface area contributed by atoms with Gasteiger partial charge >= 0.3 is 6.09 Å². The molecule has 1 heterocycles. The molecule has 0 radical (unpaired) electrons. The summed E-state index contributed by atoms with van der Waals surface area (Å²) in [5.74, 6) is -0.323. The van der Waals surface area contributed by atoms with Crippen LogP contribution in [0.2, 0.25) is 5.15 Å². The van der Waals surface area contributed by atoms with Crippen LogP contribution in [0.1, 0.15) is 31.9 Å². The number of benzene rings is 1. The minimum Gasteiger partial charge on any atom is -0.444 e. The van der Waals surface area contributed by atoms with E-state index in [1.54, 1.807) is 39.8 Å². The fourth-order valence-electron chi connectivity index (χ4n) is 1.98. The molecular weight excluding hydrogens is 307 g/mol. The molecule has 6 heteroatoms. The Morgan fingerprint density at radius 2 is 2.09 bits per heavy atom. The third kappa shape index (κ3) is 3.85. The van der Waals surface area contributed by atoms with Gasteiger partial charge in [0.15, 0.2) is 0 Å². The predicted molar refractivity (Wildman–Crippen MR) is 84.5 cm³/mol. The van der Waals surface area contributed by atoms with Crippen LogP contribution in [0.5, 0.6) is 0 Å². The van der Waals surface area contributed by atoms with Gasteiger partial charge in [-0.2, -0.15) is 0 Å². The fraction of sp³-hybridized carbons (Fsp3) is 0.375. The number of hydrogen-bond donors (Lipinski definition) is 1. The van der Waals surface area contributed by atoms with Gasteiger partial charge in [-0.15, -0.1) is 0 Å². The average Bonchev–Trinajstić information content (AvgIpc) is 2.40. The summed E-state index contributed by atoms with van der Waals surface area (Å²) in [5, 5.41) is 3.63. The van der Waals surface area contributed by atoms with Crippen molar-refractivity contribution in [2.45, 2.75) is 39.8 Å². The van der Waals surface area contributed by atoms with E-state index in [0.29, 0.717) is 16.6 Å². The van der Waals surface area contributed by atoms with Crippen LogP contribution in [0.15, 0.2) is 18.2 Å². The summed E-state index contributed by atoms with van der Waals surface area (Å²) in [6.45, 7) is 7.20. The van der Waals surface area contributed by atoms with Crippen molar-refractivity contribution in [3.8, 4) is 0 Å². The van der Waals surface area contributed by atoms with Crippen LogP contribution < -0.4 is 5.32 Å². The van der Waals surface area contributed by atoms with E-state index < -0.39 is 11.7 Å². The second kappa shape index (κ2) is 6.08. The summed E-state index contributed by atoms with van der Waals surface area (Å²) < 4.78 is 18.7. The smallest absolute Gasteiger partial charge is 0.407 e. The number of nitrogens with one attached hydrogen (secondary N) is 1. The molecular formula is C16H18ClFN2O2. The third-order valence-corrected chi connectivity index (χ3v) is 3.35. The van der Waals surface area contributed by atoms with E-state index in [1.165, 1.54) is 6.07 Å². The fourth-order valence-corrected chi connectivity index (χ4v) is 2.19. The number of aromatic nitrogens is 1. The van der Waals surface area contributed by atoms with E-state index in [0.717, 1.165) is 5.39 Å². The quantitative estimate of drug-likeness (QED) is 0.835. The van der Waals surface area contributed by atoms with Crippen LogP contribution in [0.3, 0.4) is 0 Å². The molecule has 0 saturated heterocycles. The average molecular weight is 325 g/mol. The van der Waals surface area contributed by atoms with Crippen molar-refractivity contribution in [2.24, 2.45) is 0 Å². The summed E-state index contributed by atoms with van der Waals surface area (Å²) in [6.07, 6.45) is -0.529. The number of hydrogen-bond acceptors (Lipinski definition) is 3. The van der Waals surface area contributed by atoms with Crippen molar-refractivity contribution >= 4 is 28.6 Å². The minimum absolute atomic E-state index is 0.188. The lowest BCUT2D eigenvalue weighted by Gasteiger charge is -2.19. The van der Waals surface area contributed by atoms with Crippen molar-refractivity contribution in [3.63, 3.8) is 0 Å². The number of aryl methyl sites for hydroxylation is 1. The number of fused-ring (bicyclic) bond motifs is 1. The summed E-state index contributed by atoms with van der Waals surface area (Å²) >= 11 is 6.12. The second-order valence-electron chi connectivity index (χ2n) is 6.04. The molecule has 4 nitrogen and oxygen atoms in total. The van der Waals surface area contributed by atoms with Gasteiger partial charge in [0.05, 0.1) is 5.52 Å². The number of amides is 1. The van der Waals surface area contributed by atoms with Gasteiger partial charge in [0, 0.05) is 23.1 Å². The first-order valence-corrected chi connectivity index (χ1v) is 7.26. The molecule has 2 rings (SSSR count). The molecule has 0 spiro atoms. The maximum absolute atomic E-state index is 13.5. The molecule has 0 aliphatic rings. The summed E-state index contributed by atoms with van der Waals surface area (Å²) in [5.41, 5.74) is 1.05. The molecule has 0 saturated carbocycles. The number of ether oxygens (including phenoxy) is 1. The predicted octanol–water partition coefficient (Wildman–Crippen LogP) is 4.36. The Morgan fingerprint density at radius 1 is 1.41 bits per heavy atom. The minimum atomic E-state index is -0.565. The number of rotatable bonds is 2. The standard InChI is InChI=1S/C16H18ClFN2O2/c1-9-12(18)6-5-10-7-11(14(17)20-13(9)10)8-19-15(21)22-16(2,3)4/h5-7H,8H2,1-4H3,(H,19,21). The highest BCUT2D eigenvalue weighted by atomic mass is 35.5. The largest absolute Gasteiger partial charge is 0.444 e. The Hall–Kier alpha value is -1.88. The third-order valence-electron chi connectivity index (χ3n) is 3.02. The van der Waals surface area contributed by atoms with Gasteiger partial charge in [-0.3, -0.25) is 0 Å². The maximum atomic E-state index is 13.5. The van der Waals surface area contributed by atoms with Crippen molar-refractivity contribution < 1.29 is 13.9 Å². The lowest BCUT2D eigenvalue weighted by Crippen LogP contribution is -2.32. The number of halogens is 2. The van der Waals surface area contributed by atoms with Crippen LogP contribution >= 0.6 is 11.6 Å². The molecule has 22 heavy (non-hydrogen) atoms. The van der Waals surface area contributed by atoms with E-state index in [2.05, 4.69) is 10.3 Å². The Bertz CT molecular complexity index is 726. The normalized spacial score (nSPS) is 11.5. The number of pyridine rings is 1. The Kier molecular flexibility index (Phi) is 4.56. The topological polar surface area (TPSA) is 51.2 Å². The van der Waals surface area contributed by atoms with E-state index in [9.17, 15) is 9.18 Å². The zero-order chi connectivity index (χ0) is 16.5. The number of carbonyl (C=O) groups is 1. The molecule has 2 aromatic rings. The first kappa shape index (κ1) is 16.5. The van der Waals surface area contributed by atoms with E-state index in [1.807, 2.05) is 0 Å². The first-order chi connectivity index (χ1) is 10.2. The summed E-state index contributed by atoms with van der Waals surface area (Å²) in [7, 11) is 0. The summed E-state index contributed by atoms with van der Waals surface area (Å²) in [4.78, 5) is 15.9. The molecule has 0 aliphatic heterocycles. The Labute approximate surface area is 133 Å². The zero-order valence-electron chi connectivity index (χ0n) is 13.0. The van der Waals surface area contributed by atoms with Gasteiger partial charge in [-0.1, -0.05) is 11.6 Å². The first-order valence-electron chi connectivity index (χ1n) is 6.88. The number of nitrogens with zero attached hydrogens (tertiary/aromatic N) is 1. The van der Waals surface area contributed by atoms with Crippen molar-refractivity contribution in [1.82, 2.24) is 10.3 Å². The van der Waals surface area contributed by atoms with Crippen LogP contribution in [0.25, 0.3) is 10.9 Å². The van der Waals surface area contributed by atoms with Crippen LogP contribution in [-0.2, 0) is 11.3 Å². The molecule has 0 bridgehead atoms. The van der Waals surface area contributed by atoms with Crippen molar-refractivity contribution in [3.05, 3.63) is 40.3 Å². The monoisotopic (exact) mass is 324 g/mol. The van der Waals surface area contributed by atoms with Gasteiger partial charge in [0.2, 0.25) is 0 Å². The Balaban J connectivity index is 2.21. The second-order valence-corrected chi connectivity index (χ2v) is 6.40. The van der Waals surface area contributed by atoms with E-state index in [-0.39, 0.29) is 17.5 Å². The van der Waals surface area contributed by atoms with Gasteiger partial charge < -0.3 is 10.1 Å². The van der Waals surface area contributed by atoms with Gasteiger partial charge in [-0.05, 0) is 45.9 Å². The molecule has 0 unspecified atom stereocenters. The van der Waals surface area contributed by atoms with E-state index >= 15 is 0 Å². The van der Waals surface area contributed by atoms with Gasteiger partial charge in [0.25, 0.3) is 0 Å². The SMILES string of the molecule is Cc1c(F)ccc2cc(CNC(=O)OC(C)(C)C)c(Cl)nc12. The lowest BCUT2D eigenvalue weighted by molar-refractivity contribution is 0.0523. The highest BCUT2D eigenvalue weighted by Crippen LogP contribution is 2.24. The number of carbonyl (C=O) groups excluding carboxylic acids is 1. The molecule has 1 N–H and O–H groups in total. The molecule has 0 fully saturated rings. The maximum Gasteiger partial charge on any atom is 0.407 e. The van der Waals surface area contributed by atoms with Gasteiger partial charge in [-0.25, -0.2) is 14.2 Å². The number of alkyl carbamates (subject to hydrolysis) is 1. The van der Waals surface area contributed by atoms with E-state index in [4.69, 9.17) is 16.3 Å². The van der Waals surface area contributed by atoms with Crippen LogP contribution in [0.4, 0.5) is 9.18 Å². The molecule has 1 aromatic carbocycles. The molecule has 1 amide bonds. The molecule has 0 aliphatic carbocycles.